The van der Waals surface area contributed by atoms with E-state index in [1.165, 1.54) is 22.4 Å². The van der Waals surface area contributed by atoms with Crippen LogP contribution in [0.15, 0.2) is 48.5 Å². The maximum Gasteiger partial charge on any atom is 0.0398 e. The maximum absolute atomic E-state index is 2.37. The summed E-state index contributed by atoms with van der Waals surface area (Å²) in [5.41, 5.74) is 5.58. The largest absolute Gasteiger partial charge is 0.375 e. The van der Waals surface area contributed by atoms with Crippen molar-refractivity contribution in [3.8, 4) is 0 Å². The van der Waals surface area contributed by atoms with E-state index in [1.54, 1.807) is 0 Å². The molecule has 0 aliphatic carbocycles. The molecule has 0 aliphatic rings. The van der Waals surface area contributed by atoms with Crippen molar-refractivity contribution in [2.24, 2.45) is 0 Å². The zero-order chi connectivity index (χ0) is 14.5. The molecular formula is C19H25N. The number of nitrogens with zero attached hydrogens (tertiary/aromatic N) is 1. The van der Waals surface area contributed by atoms with Gasteiger partial charge in [0, 0.05) is 19.3 Å². The minimum atomic E-state index is 0.551. The summed E-state index contributed by atoms with van der Waals surface area (Å²) in [6.45, 7) is 7.78. The van der Waals surface area contributed by atoms with E-state index in [0.717, 1.165) is 13.0 Å². The Labute approximate surface area is 123 Å². The highest BCUT2D eigenvalue weighted by molar-refractivity contribution is 5.56. The Balaban J connectivity index is 2.30. The summed E-state index contributed by atoms with van der Waals surface area (Å²) in [5.74, 6) is 0.551. The van der Waals surface area contributed by atoms with Crippen LogP contribution in [0.3, 0.4) is 0 Å². The summed E-state index contributed by atoms with van der Waals surface area (Å²) >= 11 is 0. The highest BCUT2D eigenvalue weighted by atomic mass is 15.1. The number of anilines is 1. The summed E-state index contributed by atoms with van der Waals surface area (Å²) in [4.78, 5) is 2.32. The SMILES string of the molecule is CCN(C)c1ccc(Cc2ccccc2)cc1C(C)C. The fraction of sp³-hybridized carbons (Fsp3) is 0.368. The van der Waals surface area contributed by atoms with Crippen LogP contribution in [0, 0.1) is 0 Å². The van der Waals surface area contributed by atoms with Crippen molar-refractivity contribution in [1.82, 2.24) is 0 Å². The first-order valence-electron chi connectivity index (χ1n) is 7.49. The van der Waals surface area contributed by atoms with E-state index in [-0.39, 0.29) is 0 Å². The van der Waals surface area contributed by atoms with Gasteiger partial charge in [-0.3, -0.25) is 0 Å². The molecule has 0 radical (unpaired) electrons. The zero-order valence-electron chi connectivity index (χ0n) is 13.1. The van der Waals surface area contributed by atoms with Gasteiger partial charge < -0.3 is 4.90 Å². The molecule has 0 saturated heterocycles. The second-order valence-electron chi connectivity index (χ2n) is 5.72. The zero-order valence-corrected chi connectivity index (χ0v) is 13.1. The predicted molar refractivity (Wildman–Crippen MR) is 88.7 cm³/mol. The monoisotopic (exact) mass is 267 g/mol. The summed E-state index contributed by atoms with van der Waals surface area (Å²) in [6, 6.07) is 17.6. The molecule has 0 spiro atoms. The first-order valence-corrected chi connectivity index (χ1v) is 7.49. The highest BCUT2D eigenvalue weighted by Crippen LogP contribution is 2.28. The Kier molecular flexibility index (Phi) is 4.84. The standard InChI is InChI=1S/C19H25N/c1-5-20(4)19-12-11-17(14-18(19)15(2)3)13-16-9-7-6-8-10-16/h6-12,14-15H,5,13H2,1-4H3. The third-order valence-electron chi connectivity index (χ3n) is 3.85. The molecule has 0 aromatic heterocycles. The summed E-state index contributed by atoms with van der Waals surface area (Å²) < 4.78 is 0. The van der Waals surface area contributed by atoms with Crippen LogP contribution < -0.4 is 4.90 Å². The van der Waals surface area contributed by atoms with Gasteiger partial charge >= 0.3 is 0 Å². The van der Waals surface area contributed by atoms with E-state index in [2.05, 4.69) is 81.2 Å². The molecule has 0 saturated carbocycles. The molecule has 106 valence electrons. The predicted octanol–water partition coefficient (Wildman–Crippen LogP) is 4.86. The molecular weight excluding hydrogens is 242 g/mol. The number of rotatable bonds is 5. The Bertz CT molecular complexity index is 543. The fourth-order valence-electron chi connectivity index (χ4n) is 2.53. The van der Waals surface area contributed by atoms with Crippen molar-refractivity contribution in [3.63, 3.8) is 0 Å². The van der Waals surface area contributed by atoms with Crippen molar-refractivity contribution in [2.45, 2.75) is 33.1 Å². The van der Waals surface area contributed by atoms with Crippen LogP contribution in [-0.4, -0.2) is 13.6 Å². The molecule has 1 nitrogen and oxygen atoms in total. The van der Waals surface area contributed by atoms with Crippen LogP contribution in [0.1, 0.15) is 43.4 Å². The normalized spacial score (nSPS) is 10.8. The molecule has 1 heteroatoms. The number of hydrogen-bond donors (Lipinski definition) is 0. The van der Waals surface area contributed by atoms with Gasteiger partial charge in [-0.2, -0.15) is 0 Å². The van der Waals surface area contributed by atoms with Gasteiger partial charge in [-0.1, -0.05) is 56.3 Å². The van der Waals surface area contributed by atoms with Crippen molar-refractivity contribution < 1.29 is 0 Å². The van der Waals surface area contributed by atoms with Gasteiger partial charge in [0.05, 0.1) is 0 Å². The van der Waals surface area contributed by atoms with Crippen molar-refractivity contribution in [1.29, 1.82) is 0 Å². The number of benzene rings is 2. The molecule has 2 aromatic rings. The van der Waals surface area contributed by atoms with Crippen LogP contribution in [0.4, 0.5) is 5.69 Å². The molecule has 0 N–H and O–H groups in total. The van der Waals surface area contributed by atoms with Gasteiger partial charge in [0.25, 0.3) is 0 Å². The second kappa shape index (κ2) is 6.60. The average Bonchev–Trinajstić information content (AvgIpc) is 2.47. The van der Waals surface area contributed by atoms with Gasteiger partial charge in [0.1, 0.15) is 0 Å². The Hall–Kier alpha value is -1.76. The van der Waals surface area contributed by atoms with Gasteiger partial charge in [0.15, 0.2) is 0 Å². The van der Waals surface area contributed by atoms with E-state index in [9.17, 15) is 0 Å². The molecule has 0 atom stereocenters. The summed E-state index contributed by atoms with van der Waals surface area (Å²) in [5, 5.41) is 0. The highest BCUT2D eigenvalue weighted by Gasteiger charge is 2.10. The lowest BCUT2D eigenvalue weighted by Crippen LogP contribution is -2.18. The first kappa shape index (κ1) is 14.6. The van der Waals surface area contributed by atoms with E-state index in [0.29, 0.717) is 5.92 Å². The van der Waals surface area contributed by atoms with Crippen LogP contribution >= 0.6 is 0 Å². The van der Waals surface area contributed by atoms with Gasteiger partial charge in [-0.15, -0.1) is 0 Å². The van der Waals surface area contributed by atoms with Gasteiger partial charge in [-0.25, -0.2) is 0 Å². The van der Waals surface area contributed by atoms with Gasteiger partial charge in [0.2, 0.25) is 0 Å². The molecule has 0 amide bonds. The molecule has 0 aliphatic heterocycles. The molecule has 0 unspecified atom stereocenters. The molecule has 2 aromatic carbocycles. The van der Waals surface area contributed by atoms with Crippen LogP contribution in [0.5, 0.6) is 0 Å². The molecule has 2 rings (SSSR count). The van der Waals surface area contributed by atoms with Crippen molar-refractivity contribution in [2.75, 3.05) is 18.5 Å². The second-order valence-corrected chi connectivity index (χ2v) is 5.72. The third kappa shape index (κ3) is 3.41. The molecule has 20 heavy (non-hydrogen) atoms. The third-order valence-corrected chi connectivity index (χ3v) is 3.85. The Morgan fingerprint density at radius 3 is 2.25 bits per heavy atom. The van der Waals surface area contributed by atoms with E-state index < -0.39 is 0 Å². The minimum Gasteiger partial charge on any atom is -0.375 e. The fourth-order valence-corrected chi connectivity index (χ4v) is 2.53. The van der Waals surface area contributed by atoms with Crippen molar-refractivity contribution in [3.05, 3.63) is 65.2 Å². The maximum atomic E-state index is 2.37. The average molecular weight is 267 g/mol. The Morgan fingerprint density at radius 2 is 1.65 bits per heavy atom. The first-order chi connectivity index (χ1) is 9.61. The van der Waals surface area contributed by atoms with Gasteiger partial charge in [-0.05, 0) is 42.0 Å². The lowest BCUT2D eigenvalue weighted by Gasteiger charge is -2.23. The molecule has 0 bridgehead atoms. The van der Waals surface area contributed by atoms with Crippen LogP contribution in [0.25, 0.3) is 0 Å². The van der Waals surface area contributed by atoms with E-state index in [1.807, 2.05) is 0 Å². The van der Waals surface area contributed by atoms with Crippen LogP contribution in [-0.2, 0) is 6.42 Å². The lowest BCUT2D eigenvalue weighted by molar-refractivity contribution is 0.843. The molecule has 0 fully saturated rings. The molecule has 0 heterocycles. The van der Waals surface area contributed by atoms with E-state index >= 15 is 0 Å². The minimum absolute atomic E-state index is 0.551. The lowest BCUT2D eigenvalue weighted by atomic mass is 9.95. The van der Waals surface area contributed by atoms with Crippen LogP contribution in [0.2, 0.25) is 0 Å². The smallest absolute Gasteiger partial charge is 0.0398 e. The summed E-state index contributed by atoms with van der Waals surface area (Å²) in [7, 11) is 2.16. The quantitative estimate of drug-likeness (QED) is 0.748. The van der Waals surface area contributed by atoms with Crippen molar-refractivity contribution >= 4 is 5.69 Å². The topological polar surface area (TPSA) is 3.24 Å². The number of hydrogen-bond acceptors (Lipinski definition) is 1. The Morgan fingerprint density at radius 1 is 0.950 bits per heavy atom. The summed E-state index contributed by atoms with van der Waals surface area (Å²) in [6.07, 6.45) is 1.01. The van der Waals surface area contributed by atoms with E-state index in [4.69, 9.17) is 0 Å².